The standard InChI is InChI=1S/C23H24ClF4N7O/c24-15-7-12(25)8-16(26)18(15)33-22-32-17-10-30-21(31-13-5-6-23(27,28)9-13)34-20(17)35(22)14-3-1-11(2-4-14)19(29)36/h7-8,10-11,13-14H,1-6,9H2,(H2,29,36)(H,32,33)(H,30,31,34)/t11?,13-,14?/m1/s1. The van der Waals surface area contributed by atoms with Gasteiger partial charge in [-0.3, -0.25) is 9.36 Å². The summed E-state index contributed by atoms with van der Waals surface area (Å²) in [7, 11) is 0. The van der Waals surface area contributed by atoms with E-state index in [-0.39, 0.29) is 53.3 Å². The maximum Gasteiger partial charge on any atom is 0.250 e. The van der Waals surface area contributed by atoms with Gasteiger partial charge in [-0.25, -0.2) is 27.5 Å². The Kier molecular flexibility index (Phi) is 6.39. The van der Waals surface area contributed by atoms with Crippen LogP contribution in [0.5, 0.6) is 0 Å². The molecule has 2 aliphatic rings. The van der Waals surface area contributed by atoms with Crippen LogP contribution in [0.25, 0.3) is 11.2 Å². The van der Waals surface area contributed by atoms with Crippen molar-refractivity contribution in [3.8, 4) is 0 Å². The molecule has 192 valence electrons. The van der Waals surface area contributed by atoms with Crippen LogP contribution in [-0.2, 0) is 4.79 Å². The predicted molar refractivity (Wildman–Crippen MR) is 126 cm³/mol. The zero-order chi connectivity index (χ0) is 25.6. The second-order valence-electron chi connectivity index (χ2n) is 9.43. The fourth-order valence-corrected chi connectivity index (χ4v) is 5.28. The zero-order valence-corrected chi connectivity index (χ0v) is 19.8. The summed E-state index contributed by atoms with van der Waals surface area (Å²) in [4.78, 5) is 24.9. The van der Waals surface area contributed by atoms with Crippen LogP contribution in [0.1, 0.15) is 51.0 Å². The van der Waals surface area contributed by atoms with Gasteiger partial charge < -0.3 is 16.4 Å². The smallest absolute Gasteiger partial charge is 0.250 e. The molecule has 36 heavy (non-hydrogen) atoms. The van der Waals surface area contributed by atoms with E-state index in [1.54, 1.807) is 4.57 Å². The Morgan fingerprint density at radius 1 is 1.14 bits per heavy atom. The van der Waals surface area contributed by atoms with Crippen LogP contribution in [0.15, 0.2) is 18.3 Å². The number of primary amides is 1. The molecule has 0 saturated heterocycles. The van der Waals surface area contributed by atoms with E-state index in [0.29, 0.717) is 49.3 Å². The summed E-state index contributed by atoms with van der Waals surface area (Å²) in [5.74, 6) is -4.66. The third-order valence-corrected chi connectivity index (χ3v) is 7.18. The lowest BCUT2D eigenvalue weighted by Gasteiger charge is -2.29. The Bertz CT molecular complexity index is 1290. The number of anilines is 3. The van der Waals surface area contributed by atoms with Gasteiger partial charge in [-0.1, -0.05) is 11.6 Å². The number of rotatable bonds is 6. The zero-order valence-electron chi connectivity index (χ0n) is 19.1. The van der Waals surface area contributed by atoms with Crippen molar-refractivity contribution in [2.45, 2.75) is 63.0 Å². The van der Waals surface area contributed by atoms with Gasteiger partial charge in [-0.2, -0.15) is 4.98 Å². The first-order valence-corrected chi connectivity index (χ1v) is 12.1. The highest BCUT2D eigenvalue weighted by Crippen LogP contribution is 2.39. The molecule has 0 unspecified atom stereocenters. The van der Waals surface area contributed by atoms with Crippen LogP contribution >= 0.6 is 11.6 Å². The molecule has 5 rings (SSSR count). The van der Waals surface area contributed by atoms with Crippen molar-refractivity contribution in [3.63, 3.8) is 0 Å². The van der Waals surface area contributed by atoms with E-state index in [1.165, 1.54) is 6.20 Å². The van der Waals surface area contributed by atoms with Crippen LogP contribution in [-0.4, -0.2) is 37.4 Å². The number of benzene rings is 1. The summed E-state index contributed by atoms with van der Waals surface area (Å²) in [6, 6.07) is 1.05. The Morgan fingerprint density at radius 3 is 2.53 bits per heavy atom. The van der Waals surface area contributed by atoms with Crippen molar-refractivity contribution in [2.24, 2.45) is 11.7 Å². The van der Waals surface area contributed by atoms with Crippen molar-refractivity contribution in [3.05, 3.63) is 35.0 Å². The Hall–Kier alpha value is -3.15. The second-order valence-corrected chi connectivity index (χ2v) is 9.83. The average molecular weight is 526 g/mol. The van der Waals surface area contributed by atoms with Crippen molar-refractivity contribution in [1.82, 2.24) is 19.5 Å². The number of nitrogens with two attached hydrogens (primary N) is 1. The van der Waals surface area contributed by atoms with E-state index in [1.807, 2.05) is 0 Å². The lowest BCUT2D eigenvalue weighted by molar-refractivity contribution is -0.122. The Morgan fingerprint density at radius 2 is 1.89 bits per heavy atom. The minimum Gasteiger partial charge on any atom is -0.369 e. The summed E-state index contributed by atoms with van der Waals surface area (Å²) >= 11 is 6.09. The number of hydrogen-bond acceptors (Lipinski definition) is 6. The van der Waals surface area contributed by atoms with Gasteiger partial charge in [0.2, 0.25) is 23.7 Å². The number of carbonyl (C=O) groups excluding carboxylic acids is 1. The molecule has 0 aliphatic heterocycles. The number of aromatic nitrogens is 4. The van der Waals surface area contributed by atoms with Gasteiger partial charge in [0.25, 0.3) is 0 Å². The number of nitrogens with zero attached hydrogens (tertiary/aromatic N) is 4. The molecule has 0 radical (unpaired) electrons. The highest BCUT2D eigenvalue weighted by molar-refractivity contribution is 6.33. The van der Waals surface area contributed by atoms with E-state index >= 15 is 0 Å². The van der Waals surface area contributed by atoms with Crippen LogP contribution in [0.3, 0.4) is 0 Å². The number of alkyl halides is 2. The fraction of sp³-hybridized carbons (Fsp3) is 0.478. The van der Waals surface area contributed by atoms with Crippen molar-refractivity contribution >= 4 is 46.3 Å². The maximum absolute atomic E-state index is 14.5. The Labute approximate surface area is 208 Å². The molecule has 2 aromatic heterocycles. The minimum atomic E-state index is -2.72. The molecule has 2 fully saturated rings. The highest BCUT2D eigenvalue weighted by Gasteiger charge is 2.39. The SMILES string of the molecule is NC(=O)C1CCC(n2c(Nc3c(F)cc(F)cc3Cl)nc3cnc(N[C@@H]4CCC(F)(F)C4)nc32)CC1. The lowest BCUT2D eigenvalue weighted by atomic mass is 9.85. The highest BCUT2D eigenvalue weighted by atomic mass is 35.5. The average Bonchev–Trinajstić information content (AvgIpc) is 3.34. The van der Waals surface area contributed by atoms with Gasteiger partial charge in [0, 0.05) is 36.9 Å². The first-order valence-electron chi connectivity index (χ1n) is 11.7. The summed E-state index contributed by atoms with van der Waals surface area (Å²) in [5.41, 5.74) is 6.11. The number of imidazole rings is 1. The minimum absolute atomic E-state index is 0.153. The first kappa shape index (κ1) is 24.5. The molecule has 3 aromatic rings. The van der Waals surface area contributed by atoms with Crippen molar-refractivity contribution in [1.29, 1.82) is 0 Å². The van der Waals surface area contributed by atoms with Crippen molar-refractivity contribution < 1.29 is 22.4 Å². The number of halogens is 5. The number of hydrogen-bond donors (Lipinski definition) is 3. The quantitative estimate of drug-likeness (QED) is 0.376. The van der Waals surface area contributed by atoms with E-state index in [4.69, 9.17) is 17.3 Å². The molecule has 2 saturated carbocycles. The van der Waals surface area contributed by atoms with Crippen molar-refractivity contribution in [2.75, 3.05) is 10.6 Å². The lowest BCUT2D eigenvalue weighted by Crippen LogP contribution is -2.29. The van der Waals surface area contributed by atoms with Gasteiger partial charge in [0.05, 0.1) is 16.9 Å². The molecular formula is C23H24ClF4N7O. The van der Waals surface area contributed by atoms with E-state index in [0.717, 1.165) is 6.07 Å². The molecule has 4 N–H and O–H groups in total. The van der Waals surface area contributed by atoms with Crippen LogP contribution in [0.4, 0.5) is 35.1 Å². The molecule has 1 atom stereocenters. The normalized spacial score (nSPS) is 23.6. The molecular weight excluding hydrogens is 502 g/mol. The summed E-state index contributed by atoms with van der Waals surface area (Å²) in [5, 5.41) is 5.67. The second kappa shape index (κ2) is 9.38. The van der Waals surface area contributed by atoms with Gasteiger partial charge in [-0.15, -0.1) is 0 Å². The molecule has 0 spiro atoms. The summed E-state index contributed by atoms with van der Waals surface area (Å²) in [6.07, 6.45) is 3.50. The Balaban J connectivity index is 1.52. The summed E-state index contributed by atoms with van der Waals surface area (Å²) < 4.78 is 57.2. The third-order valence-electron chi connectivity index (χ3n) is 6.88. The maximum atomic E-state index is 14.5. The first-order chi connectivity index (χ1) is 17.1. The number of nitrogens with one attached hydrogen (secondary N) is 2. The fourth-order valence-electron chi connectivity index (χ4n) is 5.04. The molecule has 2 aliphatic carbocycles. The van der Waals surface area contributed by atoms with Gasteiger partial charge >= 0.3 is 0 Å². The van der Waals surface area contributed by atoms with Gasteiger partial charge in [-0.05, 0) is 38.2 Å². The van der Waals surface area contributed by atoms with Crippen LogP contribution in [0.2, 0.25) is 5.02 Å². The topological polar surface area (TPSA) is 111 Å². The molecule has 8 nitrogen and oxygen atoms in total. The molecule has 1 aromatic carbocycles. The van der Waals surface area contributed by atoms with E-state index < -0.39 is 23.6 Å². The number of fused-ring (bicyclic) bond motifs is 1. The van der Waals surface area contributed by atoms with Gasteiger partial charge in [0.15, 0.2) is 11.5 Å². The van der Waals surface area contributed by atoms with E-state index in [9.17, 15) is 22.4 Å². The number of amides is 1. The van der Waals surface area contributed by atoms with Crippen LogP contribution < -0.4 is 16.4 Å². The largest absolute Gasteiger partial charge is 0.369 e. The molecule has 13 heteroatoms. The van der Waals surface area contributed by atoms with E-state index in [2.05, 4.69) is 25.6 Å². The molecule has 1 amide bonds. The monoisotopic (exact) mass is 525 g/mol. The van der Waals surface area contributed by atoms with Crippen LogP contribution in [0, 0.1) is 17.6 Å². The molecule has 2 heterocycles. The summed E-state index contributed by atoms with van der Waals surface area (Å²) in [6.45, 7) is 0. The van der Waals surface area contributed by atoms with Gasteiger partial charge in [0.1, 0.15) is 11.3 Å². The third kappa shape index (κ3) is 4.91. The predicted octanol–water partition coefficient (Wildman–Crippen LogP) is 5.32. The molecule has 0 bridgehead atoms. The number of carbonyl (C=O) groups is 1.